The van der Waals surface area contributed by atoms with Crippen LogP contribution < -0.4 is 20.5 Å². The van der Waals surface area contributed by atoms with Gasteiger partial charge in [0.1, 0.15) is 12.1 Å². The molecule has 0 bridgehead atoms. The predicted octanol–water partition coefficient (Wildman–Crippen LogP) is 2.19. The van der Waals surface area contributed by atoms with Crippen LogP contribution in [0.4, 0.5) is 0 Å². The number of ether oxygens (including phenoxy) is 2. The molecule has 0 saturated carbocycles. The number of hydrogen-bond donors (Lipinski definition) is 2. The van der Waals surface area contributed by atoms with Crippen molar-refractivity contribution in [3.8, 4) is 11.5 Å². The highest BCUT2D eigenvalue weighted by molar-refractivity contribution is 5.97. The first-order valence-electron chi connectivity index (χ1n) is 9.91. The summed E-state index contributed by atoms with van der Waals surface area (Å²) in [5.41, 5.74) is 5.80. The largest absolute Gasteiger partial charge is 0.493 e. The van der Waals surface area contributed by atoms with Crippen molar-refractivity contribution >= 4 is 11.8 Å². The Morgan fingerprint density at radius 1 is 1.14 bits per heavy atom. The lowest BCUT2D eigenvalue weighted by Gasteiger charge is -2.34. The molecule has 0 aliphatic carbocycles. The Hall–Kier alpha value is -2.28. The first-order chi connectivity index (χ1) is 13.2. The van der Waals surface area contributed by atoms with E-state index in [2.05, 4.69) is 24.1 Å². The van der Waals surface area contributed by atoms with Crippen molar-refractivity contribution in [3.05, 3.63) is 23.8 Å². The number of hydrogen-bond acceptors (Lipinski definition) is 5. The van der Waals surface area contributed by atoms with Gasteiger partial charge >= 0.3 is 0 Å². The van der Waals surface area contributed by atoms with E-state index in [-0.39, 0.29) is 17.9 Å². The van der Waals surface area contributed by atoms with E-state index in [0.29, 0.717) is 23.1 Å². The van der Waals surface area contributed by atoms with Gasteiger partial charge in [0.15, 0.2) is 11.5 Å². The van der Waals surface area contributed by atoms with Crippen LogP contribution in [0.15, 0.2) is 18.2 Å². The minimum absolute atomic E-state index is 0.0799. The molecule has 1 aromatic carbocycles. The van der Waals surface area contributed by atoms with Crippen LogP contribution >= 0.6 is 0 Å². The molecule has 0 unspecified atom stereocenters. The zero-order valence-corrected chi connectivity index (χ0v) is 17.5. The van der Waals surface area contributed by atoms with E-state index in [9.17, 15) is 9.59 Å². The summed E-state index contributed by atoms with van der Waals surface area (Å²) in [6, 6.07) is 4.84. The Balaban J connectivity index is 2.11. The van der Waals surface area contributed by atoms with Crippen LogP contribution in [-0.2, 0) is 4.79 Å². The Morgan fingerprint density at radius 2 is 1.79 bits per heavy atom. The molecule has 0 radical (unpaired) electrons. The van der Waals surface area contributed by atoms with Crippen molar-refractivity contribution in [2.24, 2.45) is 11.7 Å². The third-order valence-electron chi connectivity index (χ3n) is 5.19. The highest BCUT2D eigenvalue weighted by Crippen LogP contribution is 2.31. The Morgan fingerprint density at radius 3 is 2.29 bits per heavy atom. The number of methoxy groups -OCH3 is 1. The van der Waals surface area contributed by atoms with Crippen LogP contribution in [0.5, 0.6) is 11.5 Å². The molecule has 1 heterocycles. The number of carbonyl (C=O) groups is 2. The zero-order valence-electron chi connectivity index (χ0n) is 17.5. The van der Waals surface area contributed by atoms with Gasteiger partial charge in [0.2, 0.25) is 5.91 Å². The molecule has 1 atom stereocenters. The van der Waals surface area contributed by atoms with Gasteiger partial charge < -0.3 is 25.4 Å². The van der Waals surface area contributed by atoms with Gasteiger partial charge in [0.05, 0.1) is 7.11 Å². The van der Waals surface area contributed by atoms with Crippen molar-refractivity contribution in [2.45, 2.75) is 58.7 Å². The summed E-state index contributed by atoms with van der Waals surface area (Å²) in [7, 11) is 1.57. The van der Waals surface area contributed by atoms with Gasteiger partial charge in [0.25, 0.3) is 5.91 Å². The fourth-order valence-electron chi connectivity index (χ4n) is 3.39. The Labute approximate surface area is 167 Å². The molecule has 1 aliphatic heterocycles. The van der Waals surface area contributed by atoms with Gasteiger partial charge in [-0.3, -0.25) is 9.59 Å². The minimum Gasteiger partial charge on any atom is -0.493 e. The maximum Gasteiger partial charge on any atom is 0.252 e. The molecule has 2 rings (SSSR count). The number of amides is 2. The van der Waals surface area contributed by atoms with E-state index in [1.807, 2.05) is 13.8 Å². The van der Waals surface area contributed by atoms with Crippen LogP contribution in [0.2, 0.25) is 0 Å². The maximum atomic E-state index is 12.6. The number of nitrogens with two attached hydrogens (primary N) is 1. The highest BCUT2D eigenvalue weighted by atomic mass is 16.5. The summed E-state index contributed by atoms with van der Waals surface area (Å²) >= 11 is 0. The maximum absolute atomic E-state index is 12.6. The molecule has 1 aliphatic rings. The molecular formula is C21H33N3O4. The van der Waals surface area contributed by atoms with Gasteiger partial charge in [-0.1, -0.05) is 13.8 Å². The third-order valence-corrected chi connectivity index (χ3v) is 5.19. The summed E-state index contributed by atoms with van der Waals surface area (Å²) in [5.74, 6) is 0.114. The van der Waals surface area contributed by atoms with E-state index < -0.39 is 11.9 Å². The standard InChI is InChI=1S/C21H33N3O4/c1-13(2)19(20(22)25)23-21(26)15-6-7-17(27-5)18(12-15)28-16-8-10-24(11-9-16)14(3)4/h6-7,12-14,16,19H,8-11H2,1-5H3,(H2,22,25)(H,23,26)/t19-/m0/s1. The van der Waals surface area contributed by atoms with E-state index in [1.54, 1.807) is 25.3 Å². The summed E-state index contributed by atoms with van der Waals surface area (Å²) in [5, 5.41) is 2.70. The van der Waals surface area contributed by atoms with Gasteiger partial charge in [-0.15, -0.1) is 0 Å². The summed E-state index contributed by atoms with van der Waals surface area (Å²) in [6.07, 6.45) is 1.93. The number of likely N-dealkylation sites (tertiary alicyclic amines) is 1. The molecule has 1 fully saturated rings. The summed E-state index contributed by atoms with van der Waals surface area (Å²) in [6.45, 7) is 10.0. The van der Waals surface area contributed by atoms with E-state index in [4.69, 9.17) is 15.2 Å². The lowest BCUT2D eigenvalue weighted by molar-refractivity contribution is -0.120. The SMILES string of the molecule is COc1ccc(C(=O)N[C@H](C(N)=O)C(C)C)cc1OC1CCN(C(C)C)CC1. The normalized spacial score (nSPS) is 16.8. The number of carbonyl (C=O) groups excluding carboxylic acids is 2. The molecule has 7 nitrogen and oxygen atoms in total. The first kappa shape index (κ1) is 22.0. The van der Waals surface area contributed by atoms with Gasteiger partial charge in [-0.05, 0) is 50.8 Å². The minimum atomic E-state index is -0.723. The topological polar surface area (TPSA) is 93.9 Å². The predicted molar refractivity (Wildman–Crippen MR) is 109 cm³/mol. The summed E-state index contributed by atoms with van der Waals surface area (Å²) < 4.78 is 11.6. The van der Waals surface area contributed by atoms with Crippen LogP contribution in [0.1, 0.15) is 50.9 Å². The second-order valence-electron chi connectivity index (χ2n) is 7.91. The van der Waals surface area contributed by atoms with Gasteiger partial charge in [-0.2, -0.15) is 0 Å². The average molecular weight is 392 g/mol. The molecule has 2 amide bonds. The van der Waals surface area contributed by atoms with Gasteiger partial charge in [0, 0.05) is 24.7 Å². The number of benzene rings is 1. The molecule has 1 aromatic rings. The van der Waals surface area contributed by atoms with Crippen molar-refractivity contribution in [2.75, 3.05) is 20.2 Å². The van der Waals surface area contributed by atoms with Gasteiger partial charge in [-0.25, -0.2) is 0 Å². The van der Waals surface area contributed by atoms with Crippen LogP contribution in [-0.4, -0.2) is 55.1 Å². The smallest absolute Gasteiger partial charge is 0.252 e. The fraction of sp³-hybridized carbons (Fsp3) is 0.619. The molecule has 1 saturated heterocycles. The second-order valence-corrected chi connectivity index (χ2v) is 7.91. The molecule has 156 valence electrons. The van der Waals surface area contributed by atoms with Crippen molar-refractivity contribution in [3.63, 3.8) is 0 Å². The van der Waals surface area contributed by atoms with Crippen molar-refractivity contribution in [1.29, 1.82) is 0 Å². The van der Waals surface area contributed by atoms with Crippen molar-refractivity contribution < 1.29 is 19.1 Å². The number of primary amides is 1. The van der Waals surface area contributed by atoms with Crippen LogP contribution in [0.25, 0.3) is 0 Å². The third kappa shape index (κ3) is 5.61. The molecule has 28 heavy (non-hydrogen) atoms. The number of rotatable bonds is 8. The quantitative estimate of drug-likeness (QED) is 0.708. The zero-order chi connectivity index (χ0) is 20.8. The van der Waals surface area contributed by atoms with E-state index in [0.717, 1.165) is 25.9 Å². The van der Waals surface area contributed by atoms with Crippen LogP contribution in [0.3, 0.4) is 0 Å². The molecule has 0 spiro atoms. The average Bonchev–Trinajstić information content (AvgIpc) is 2.65. The monoisotopic (exact) mass is 391 g/mol. The molecule has 0 aromatic heterocycles. The lowest BCUT2D eigenvalue weighted by Crippen LogP contribution is -2.47. The van der Waals surface area contributed by atoms with Crippen molar-refractivity contribution in [1.82, 2.24) is 10.2 Å². The second kappa shape index (κ2) is 9.78. The number of piperidine rings is 1. The molecular weight excluding hydrogens is 358 g/mol. The van der Waals surface area contributed by atoms with E-state index in [1.165, 1.54) is 0 Å². The lowest BCUT2D eigenvalue weighted by atomic mass is 10.0. The fourth-order valence-corrected chi connectivity index (χ4v) is 3.39. The molecule has 7 heteroatoms. The van der Waals surface area contributed by atoms with Crippen LogP contribution in [0, 0.1) is 5.92 Å². The first-order valence-corrected chi connectivity index (χ1v) is 9.91. The number of nitrogens with one attached hydrogen (secondary N) is 1. The summed E-state index contributed by atoms with van der Waals surface area (Å²) in [4.78, 5) is 26.6. The Bertz CT molecular complexity index is 682. The Kier molecular flexibility index (Phi) is 7.69. The van der Waals surface area contributed by atoms with E-state index >= 15 is 0 Å². The number of nitrogens with zero attached hydrogens (tertiary/aromatic N) is 1. The molecule has 3 N–H and O–H groups in total. The highest BCUT2D eigenvalue weighted by Gasteiger charge is 2.25.